The van der Waals surface area contributed by atoms with Crippen molar-refractivity contribution >= 4 is 58.0 Å². The summed E-state index contributed by atoms with van der Waals surface area (Å²) < 4.78 is 3.95. The van der Waals surface area contributed by atoms with Gasteiger partial charge in [-0.05, 0) is 83.8 Å². The fourth-order valence-electron chi connectivity index (χ4n) is 6.57. The maximum absolute atomic E-state index is 11.7. The zero-order chi connectivity index (χ0) is 34.5. The number of aryl methyl sites for hydroxylation is 2. The standard InChI is InChI=1S/C29H23N2S2.C13H24O2.Ir/c1-16(2)21-12-19(22-14-23(31-15-30-22)26-17(3)8-7-9-18(26)4)13-25-27(21)28-20-10-5-6-11-24(20)32-29(28)33-25;1-5-10(6-2)12(14)9-13(15)11(7-3)8-4;/h5-12,14-16H,1-4H3;9-11,14H,5-8H2,1-4H3;/q-1;;/b;12-9-;. The number of fused-ring (bicyclic) bond motifs is 5. The van der Waals surface area contributed by atoms with Crippen LogP contribution in [-0.2, 0) is 24.9 Å². The van der Waals surface area contributed by atoms with Crippen LogP contribution in [0.5, 0.6) is 0 Å². The van der Waals surface area contributed by atoms with Crippen LogP contribution >= 0.6 is 22.7 Å². The molecule has 0 atom stereocenters. The Hall–Kier alpha value is -3.22. The van der Waals surface area contributed by atoms with Crippen LogP contribution in [0.4, 0.5) is 0 Å². The number of rotatable bonds is 10. The number of aliphatic hydroxyl groups is 1. The number of thiophene rings is 2. The molecule has 0 spiro atoms. The van der Waals surface area contributed by atoms with Crippen molar-refractivity contribution in [3.05, 3.63) is 95.5 Å². The van der Waals surface area contributed by atoms with Gasteiger partial charge >= 0.3 is 0 Å². The van der Waals surface area contributed by atoms with Gasteiger partial charge in [0.2, 0.25) is 0 Å². The van der Waals surface area contributed by atoms with Gasteiger partial charge in [0.05, 0.1) is 15.5 Å². The van der Waals surface area contributed by atoms with Crippen molar-refractivity contribution in [1.29, 1.82) is 0 Å². The summed E-state index contributed by atoms with van der Waals surface area (Å²) in [7, 11) is 0. The molecule has 4 nitrogen and oxygen atoms in total. The number of nitrogens with zero attached hydrogens (tertiary/aromatic N) is 2. The van der Waals surface area contributed by atoms with E-state index in [0.29, 0.717) is 5.92 Å². The summed E-state index contributed by atoms with van der Waals surface area (Å²) in [6.07, 6.45) is 6.59. The number of ketones is 1. The minimum Gasteiger partial charge on any atom is -0.512 e. The summed E-state index contributed by atoms with van der Waals surface area (Å²) in [6.45, 7) is 16.9. The predicted octanol–water partition coefficient (Wildman–Crippen LogP) is 12.8. The van der Waals surface area contributed by atoms with Gasteiger partial charge in [-0.1, -0.05) is 89.4 Å². The molecule has 0 saturated carbocycles. The molecule has 49 heavy (non-hydrogen) atoms. The first-order valence-corrected chi connectivity index (χ1v) is 18.9. The number of carbonyl (C=O) groups excluding carboxylic acids is 1. The SMILES string of the molecule is CCC(CC)C(=O)/C=C(\O)C(CC)CC.Cc1cccc(C)c1-c1cc(-c2[c-]c3sc4sc5ccccc5c4c3c(C(C)C)c2)ncn1.[Ir]. The van der Waals surface area contributed by atoms with Crippen LogP contribution in [0.2, 0.25) is 0 Å². The quantitative estimate of drug-likeness (QED) is 0.0846. The minimum absolute atomic E-state index is 0. The van der Waals surface area contributed by atoms with Crippen molar-refractivity contribution < 1.29 is 30.0 Å². The Labute approximate surface area is 313 Å². The first-order valence-electron chi connectivity index (χ1n) is 17.2. The Morgan fingerprint density at radius 2 is 1.47 bits per heavy atom. The summed E-state index contributed by atoms with van der Waals surface area (Å²) >= 11 is 3.74. The van der Waals surface area contributed by atoms with E-state index in [9.17, 15) is 9.90 Å². The van der Waals surface area contributed by atoms with E-state index >= 15 is 0 Å². The Bertz CT molecular complexity index is 2060. The Balaban J connectivity index is 0.000000290. The van der Waals surface area contributed by atoms with Crippen LogP contribution in [0.15, 0.2) is 72.8 Å². The normalized spacial score (nSPS) is 11.9. The smallest absolute Gasteiger partial charge is 0.162 e. The summed E-state index contributed by atoms with van der Waals surface area (Å²) in [5.41, 5.74) is 7.94. The van der Waals surface area contributed by atoms with Crippen molar-refractivity contribution in [1.82, 2.24) is 9.97 Å². The van der Waals surface area contributed by atoms with Crippen molar-refractivity contribution in [2.75, 3.05) is 0 Å². The van der Waals surface area contributed by atoms with E-state index < -0.39 is 0 Å². The van der Waals surface area contributed by atoms with Crippen molar-refractivity contribution in [3.63, 3.8) is 0 Å². The number of hydrogen-bond donors (Lipinski definition) is 1. The molecule has 0 unspecified atom stereocenters. The second-order valence-corrected chi connectivity index (χ2v) is 15.2. The molecule has 1 radical (unpaired) electrons. The Morgan fingerprint density at radius 1 is 0.837 bits per heavy atom. The molecule has 6 aromatic rings. The van der Waals surface area contributed by atoms with E-state index in [0.717, 1.165) is 42.6 Å². The largest absolute Gasteiger partial charge is 0.512 e. The summed E-state index contributed by atoms with van der Waals surface area (Å²) in [5, 5.41) is 13.9. The van der Waals surface area contributed by atoms with Crippen LogP contribution in [0.25, 0.3) is 52.1 Å². The molecule has 3 aromatic carbocycles. The van der Waals surface area contributed by atoms with Crippen LogP contribution in [0.3, 0.4) is 0 Å². The fraction of sp³-hybridized carbons (Fsp3) is 0.357. The molecule has 0 amide bonds. The van der Waals surface area contributed by atoms with Crippen LogP contribution < -0.4 is 0 Å². The molecule has 0 aliphatic carbocycles. The maximum Gasteiger partial charge on any atom is 0.162 e. The van der Waals surface area contributed by atoms with Crippen LogP contribution in [0.1, 0.15) is 89.8 Å². The number of hydrogen-bond acceptors (Lipinski definition) is 6. The summed E-state index contributed by atoms with van der Waals surface area (Å²) in [6, 6.07) is 23.2. The fourth-order valence-corrected chi connectivity index (χ4v) is 9.18. The van der Waals surface area contributed by atoms with E-state index in [1.165, 1.54) is 57.9 Å². The summed E-state index contributed by atoms with van der Waals surface area (Å²) in [5.74, 6) is 0.948. The van der Waals surface area contributed by atoms with Crippen molar-refractivity contribution in [2.24, 2.45) is 11.8 Å². The van der Waals surface area contributed by atoms with Gasteiger partial charge in [0.1, 0.15) is 6.33 Å². The average Bonchev–Trinajstić information content (AvgIpc) is 3.61. The van der Waals surface area contributed by atoms with Crippen molar-refractivity contribution in [3.8, 4) is 22.5 Å². The predicted molar refractivity (Wildman–Crippen MR) is 207 cm³/mol. The van der Waals surface area contributed by atoms with Gasteiger partial charge in [-0.3, -0.25) is 9.78 Å². The molecular formula is C42H47IrN2O2S2-. The molecular weight excluding hydrogens is 821 g/mol. The van der Waals surface area contributed by atoms with E-state index in [1.807, 2.05) is 50.4 Å². The molecule has 0 aliphatic rings. The maximum atomic E-state index is 11.7. The molecule has 3 heterocycles. The van der Waals surface area contributed by atoms with E-state index in [2.05, 4.69) is 98.3 Å². The van der Waals surface area contributed by atoms with Gasteiger partial charge in [0.25, 0.3) is 0 Å². The molecule has 259 valence electrons. The number of allylic oxidation sites excluding steroid dienone is 2. The molecule has 0 aliphatic heterocycles. The minimum atomic E-state index is 0. The van der Waals surface area contributed by atoms with Crippen LogP contribution in [0, 0.1) is 31.7 Å². The average molecular weight is 868 g/mol. The number of benzene rings is 3. The third-order valence-corrected chi connectivity index (χ3v) is 11.8. The Morgan fingerprint density at radius 3 is 2.10 bits per heavy atom. The molecule has 0 bridgehead atoms. The number of carbonyl (C=O) groups is 1. The third kappa shape index (κ3) is 8.23. The van der Waals surface area contributed by atoms with E-state index in [1.54, 1.807) is 6.33 Å². The molecule has 3 aromatic heterocycles. The molecule has 1 N–H and O–H groups in total. The Kier molecular flexibility index (Phi) is 13.5. The molecule has 0 fully saturated rings. The number of aromatic nitrogens is 2. The van der Waals surface area contributed by atoms with Gasteiger partial charge in [0.15, 0.2) is 5.78 Å². The van der Waals surface area contributed by atoms with Gasteiger partial charge in [0, 0.05) is 48.3 Å². The second-order valence-electron chi connectivity index (χ2n) is 12.9. The zero-order valence-electron chi connectivity index (χ0n) is 29.8. The van der Waals surface area contributed by atoms with Crippen LogP contribution in [-0.4, -0.2) is 20.9 Å². The van der Waals surface area contributed by atoms with Gasteiger partial charge < -0.3 is 5.11 Å². The van der Waals surface area contributed by atoms with E-state index in [-0.39, 0.29) is 43.5 Å². The van der Waals surface area contributed by atoms with Gasteiger partial charge in [-0.25, -0.2) is 4.98 Å². The van der Waals surface area contributed by atoms with Crippen molar-refractivity contribution in [2.45, 2.75) is 87.0 Å². The van der Waals surface area contributed by atoms with Gasteiger partial charge in [-0.2, -0.15) is 0 Å². The number of aliphatic hydroxyl groups excluding tert-OH is 1. The van der Waals surface area contributed by atoms with E-state index in [4.69, 9.17) is 0 Å². The first-order chi connectivity index (χ1) is 23.1. The van der Waals surface area contributed by atoms with Gasteiger partial charge in [-0.15, -0.1) is 45.9 Å². The monoisotopic (exact) mass is 868 g/mol. The third-order valence-electron chi connectivity index (χ3n) is 9.46. The summed E-state index contributed by atoms with van der Waals surface area (Å²) in [4.78, 5) is 21.0. The second kappa shape index (κ2) is 17.1. The molecule has 6 rings (SSSR count). The topological polar surface area (TPSA) is 63.1 Å². The first kappa shape index (κ1) is 38.6. The molecule has 0 saturated heterocycles. The molecule has 7 heteroatoms. The zero-order valence-corrected chi connectivity index (χ0v) is 33.8.